The fraction of sp³-hybridized carbons (Fsp3) is 0.462. The lowest BCUT2D eigenvalue weighted by Gasteiger charge is -2.02. The van der Waals surface area contributed by atoms with Crippen LogP contribution in [0.3, 0.4) is 0 Å². The number of pyridine rings is 1. The van der Waals surface area contributed by atoms with Crippen molar-refractivity contribution in [2.24, 2.45) is 5.92 Å². The van der Waals surface area contributed by atoms with E-state index < -0.39 is 0 Å². The van der Waals surface area contributed by atoms with E-state index in [4.69, 9.17) is 9.47 Å². The molecule has 90 valence electrons. The smallest absolute Gasteiger partial charge is 0.140 e. The number of hydrogen-bond donors (Lipinski definition) is 0. The average Bonchev–Trinajstić information content (AvgIpc) is 2.96. The number of methoxy groups -OCH3 is 1. The first kappa shape index (κ1) is 10.6. The fourth-order valence-electron chi connectivity index (χ4n) is 2.28. The fourth-order valence-corrected chi connectivity index (χ4v) is 2.28. The molecule has 0 amide bonds. The van der Waals surface area contributed by atoms with E-state index in [0.717, 1.165) is 43.1 Å². The van der Waals surface area contributed by atoms with Gasteiger partial charge in [-0.05, 0) is 24.8 Å². The Morgan fingerprint density at radius 1 is 1.59 bits per heavy atom. The Kier molecular flexibility index (Phi) is 2.73. The molecule has 1 fully saturated rings. The van der Waals surface area contributed by atoms with Crippen molar-refractivity contribution in [3.63, 3.8) is 0 Å². The second-order valence-corrected chi connectivity index (χ2v) is 4.50. The molecule has 17 heavy (non-hydrogen) atoms. The molecule has 3 heterocycles. The van der Waals surface area contributed by atoms with Crippen LogP contribution in [0.25, 0.3) is 5.65 Å². The summed E-state index contributed by atoms with van der Waals surface area (Å²) in [6.45, 7) is 1.77. The largest absolute Gasteiger partial charge is 0.497 e. The Morgan fingerprint density at radius 2 is 2.53 bits per heavy atom. The minimum absolute atomic E-state index is 0.627. The molecule has 3 rings (SSSR count). The zero-order valence-corrected chi connectivity index (χ0v) is 9.93. The van der Waals surface area contributed by atoms with Gasteiger partial charge in [-0.1, -0.05) is 0 Å². The number of fused-ring (bicyclic) bond motifs is 1. The van der Waals surface area contributed by atoms with Crippen molar-refractivity contribution in [1.82, 2.24) is 9.38 Å². The van der Waals surface area contributed by atoms with E-state index in [0.29, 0.717) is 5.92 Å². The van der Waals surface area contributed by atoms with Crippen LogP contribution in [0.15, 0.2) is 24.5 Å². The highest BCUT2D eigenvalue weighted by Crippen LogP contribution is 2.19. The van der Waals surface area contributed by atoms with Crippen LogP contribution in [-0.4, -0.2) is 29.7 Å². The van der Waals surface area contributed by atoms with Gasteiger partial charge < -0.3 is 13.9 Å². The van der Waals surface area contributed by atoms with Crippen molar-refractivity contribution < 1.29 is 9.47 Å². The van der Waals surface area contributed by atoms with Crippen molar-refractivity contribution >= 4 is 5.65 Å². The molecule has 2 aromatic heterocycles. The normalized spacial score (nSPS) is 19.9. The van der Waals surface area contributed by atoms with Gasteiger partial charge in [-0.3, -0.25) is 0 Å². The third-order valence-electron chi connectivity index (χ3n) is 3.24. The van der Waals surface area contributed by atoms with E-state index >= 15 is 0 Å². The SMILES string of the molecule is COc1ccn2cc(CC3CCOC3)nc2c1. The number of aromatic nitrogens is 2. The molecule has 1 unspecified atom stereocenters. The quantitative estimate of drug-likeness (QED) is 0.811. The highest BCUT2D eigenvalue weighted by molar-refractivity contribution is 5.45. The molecule has 1 aliphatic heterocycles. The van der Waals surface area contributed by atoms with E-state index in [2.05, 4.69) is 11.2 Å². The molecule has 0 N–H and O–H groups in total. The predicted octanol–water partition coefficient (Wildman–Crippen LogP) is 1.92. The van der Waals surface area contributed by atoms with Crippen LogP contribution >= 0.6 is 0 Å². The molecule has 4 nitrogen and oxygen atoms in total. The first-order chi connectivity index (χ1) is 8.35. The van der Waals surface area contributed by atoms with Crippen LogP contribution in [0.1, 0.15) is 12.1 Å². The molecule has 1 saturated heterocycles. The molecule has 0 saturated carbocycles. The van der Waals surface area contributed by atoms with Crippen molar-refractivity contribution in [3.8, 4) is 5.75 Å². The highest BCUT2D eigenvalue weighted by atomic mass is 16.5. The van der Waals surface area contributed by atoms with Crippen molar-refractivity contribution in [1.29, 1.82) is 0 Å². The van der Waals surface area contributed by atoms with Crippen LogP contribution in [0.5, 0.6) is 5.75 Å². The monoisotopic (exact) mass is 232 g/mol. The molecule has 0 radical (unpaired) electrons. The van der Waals surface area contributed by atoms with E-state index in [9.17, 15) is 0 Å². The summed E-state index contributed by atoms with van der Waals surface area (Å²) in [6.07, 6.45) is 6.23. The summed E-state index contributed by atoms with van der Waals surface area (Å²) < 4.78 is 12.6. The molecule has 0 spiro atoms. The van der Waals surface area contributed by atoms with E-state index in [-0.39, 0.29) is 0 Å². The maximum Gasteiger partial charge on any atom is 0.140 e. The van der Waals surface area contributed by atoms with Gasteiger partial charge in [-0.2, -0.15) is 0 Å². The van der Waals surface area contributed by atoms with E-state index in [1.807, 2.05) is 22.7 Å². The number of ether oxygens (including phenoxy) is 2. The summed E-state index contributed by atoms with van der Waals surface area (Å²) in [5.74, 6) is 1.47. The maximum absolute atomic E-state index is 5.39. The lowest BCUT2D eigenvalue weighted by molar-refractivity contribution is 0.185. The summed E-state index contributed by atoms with van der Waals surface area (Å²) in [5, 5.41) is 0. The van der Waals surface area contributed by atoms with Crippen molar-refractivity contribution in [3.05, 3.63) is 30.2 Å². The Bertz CT molecular complexity index is 515. The first-order valence-electron chi connectivity index (χ1n) is 5.94. The molecular formula is C13H16N2O2. The predicted molar refractivity (Wildman–Crippen MR) is 64.4 cm³/mol. The molecule has 1 aliphatic rings. The molecule has 0 aromatic carbocycles. The molecule has 1 atom stereocenters. The Labute approximate surface area is 100 Å². The van der Waals surface area contributed by atoms with Crippen molar-refractivity contribution in [2.75, 3.05) is 20.3 Å². The second kappa shape index (κ2) is 4.37. The zero-order chi connectivity index (χ0) is 11.7. The van der Waals surface area contributed by atoms with Gasteiger partial charge in [-0.15, -0.1) is 0 Å². The second-order valence-electron chi connectivity index (χ2n) is 4.50. The number of hydrogen-bond acceptors (Lipinski definition) is 3. The minimum atomic E-state index is 0.627. The van der Waals surface area contributed by atoms with Gasteiger partial charge in [0.15, 0.2) is 0 Å². The molecule has 0 aliphatic carbocycles. The van der Waals surface area contributed by atoms with Gasteiger partial charge in [-0.25, -0.2) is 4.98 Å². The zero-order valence-electron chi connectivity index (χ0n) is 9.93. The van der Waals surface area contributed by atoms with Crippen LogP contribution in [0.2, 0.25) is 0 Å². The Balaban J connectivity index is 1.85. The van der Waals surface area contributed by atoms with Crippen LogP contribution < -0.4 is 4.74 Å². The van der Waals surface area contributed by atoms with Crippen LogP contribution in [0.4, 0.5) is 0 Å². The third-order valence-corrected chi connectivity index (χ3v) is 3.24. The highest BCUT2D eigenvalue weighted by Gasteiger charge is 2.17. The maximum atomic E-state index is 5.39. The summed E-state index contributed by atoms with van der Waals surface area (Å²) in [5.41, 5.74) is 2.08. The Morgan fingerprint density at radius 3 is 3.29 bits per heavy atom. The van der Waals surface area contributed by atoms with Crippen LogP contribution in [-0.2, 0) is 11.2 Å². The van der Waals surface area contributed by atoms with Gasteiger partial charge in [0.2, 0.25) is 0 Å². The summed E-state index contributed by atoms with van der Waals surface area (Å²) in [6, 6.07) is 3.89. The molecule has 0 bridgehead atoms. The van der Waals surface area contributed by atoms with Gasteiger partial charge in [0.25, 0.3) is 0 Å². The minimum Gasteiger partial charge on any atom is -0.497 e. The van der Waals surface area contributed by atoms with Gasteiger partial charge in [0, 0.05) is 31.7 Å². The number of rotatable bonds is 3. The lowest BCUT2D eigenvalue weighted by atomic mass is 10.0. The van der Waals surface area contributed by atoms with E-state index in [1.54, 1.807) is 7.11 Å². The molecular weight excluding hydrogens is 216 g/mol. The topological polar surface area (TPSA) is 35.8 Å². The number of imidazole rings is 1. The van der Waals surface area contributed by atoms with Gasteiger partial charge in [0.1, 0.15) is 11.4 Å². The summed E-state index contributed by atoms with van der Waals surface area (Å²) in [7, 11) is 1.67. The average molecular weight is 232 g/mol. The van der Waals surface area contributed by atoms with Crippen molar-refractivity contribution in [2.45, 2.75) is 12.8 Å². The third kappa shape index (κ3) is 2.13. The Hall–Kier alpha value is -1.55. The van der Waals surface area contributed by atoms with E-state index in [1.165, 1.54) is 0 Å². The van der Waals surface area contributed by atoms with Crippen LogP contribution in [0, 0.1) is 5.92 Å². The standard InChI is InChI=1S/C13H16N2O2/c1-16-12-2-4-15-8-11(14-13(15)7-12)6-10-3-5-17-9-10/h2,4,7-8,10H,3,5-6,9H2,1H3. The summed E-state index contributed by atoms with van der Waals surface area (Å²) in [4.78, 5) is 4.61. The van der Waals surface area contributed by atoms with Gasteiger partial charge in [0.05, 0.1) is 12.8 Å². The molecule has 4 heteroatoms. The lowest BCUT2D eigenvalue weighted by Crippen LogP contribution is -2.03. The molecule has 2 aromatic rings. The first-order valence-corrected chi connectivity index (χ1v) is 5.94. The summed E-state index contributed by atoms with van der Waals surface area (Å²) >= 11 is 0. The van der Waals surface area contributed by atoms with Gasteiger partial charge >= 0.3 is 0 Å². The number of nitrogens with zero attached hydrogens (tertiary/aromatic N) is 2.